The maximum atomic E-state index is 9.50. The molecule has 0 fully saturated rings. The molecule has 0 radical (unpaired) electrons. The number of hydrogen-bond acceptors (Lipinski definition) is 3. The molecule has 4 rings (SSSR count). The van der Waals surface area contributed by atoms with Gasteiger partial charge in [-0.1, -0.05) is 11.6 Å². The van der Waals surface area contributed by atoms with Crippen LogP contribution >= 0.6 is 0 Å². The van der Waals surface area contributed by atoms with Crippen LogP contribution in [0.5, 0.6) is 11.5 Å². The van der Waals surface area contributed by atoms with Gasteiger partial charge in [-0.15, -0.1) is 0 Å². The molecule has 94 valence electrons. The van der Waals surface area contributed by atoms with E-state index >= 15 is 0 Å². The van der Waals surface area contributed by atoms with Crippen molar-refractivity contribution in [1.29, 1.82) is 0 Å². The molecule has 2 aromatic carbocycles. The molecule has 0 amide bonds. The summed E-state index contributed by atoms with van der Waals surface area (Å²) in [4.78, 5) is 0. The summed E-state index contributed by atoms with van der Waals surface area (Å²) in [7, 11) is 0. The Morgan fingerprint density at radius 1 is 1.11 bits per heavy atom. The minimum absolute atomic E-state index is 0.203. The molecular formula is C16H12O3. The molecule has 3 heteroatoms. The molecule has 0 aliphatic carbocycles. The Bertz CT molecular complexity index is 799. The zero-order valence-corrected chi connectivity index (χ0v) is 10.4. The minimum atomic E-state index is 0.203. The predicted molar refractivity (Wildman–Crippen MR) is 72.4 cm³/mol. The summed E-state index contributed by atoms with van der Waals surface area (Å²) < 4.78 is 11.7. The van der Waals surface area contributed by atoms with Gasteiger partial charge >= 0.3 is 0 Å². The summed E-state index contributed by atoms with van der Waals surface area (Å²) in [6.45, 7) is 2.54. The van der Waals surface area contributed by atoms with E-state index in [1.54, 1.807) is 12.1 Å². The first-order valence-corrected chi connectivity index (χ1v) is 6.20. The number of aromatic hydroxyl groups is 1. The number of phenolic OH excluding ortho intramolecular Hbond substituents is 1. The lowest BCUT2D eigenvalue weighted by atomic mass is 10.0. The van der Waals surface area contributed by atoms with Crippen LogP contribution in [0.4, 0.5) is 0 Å². The third-order valence-corrected chi connectivity index (χ3v) is 3.53. The molecule has 19 heavy (non-hydrogen) atoms. The second-order valence-electron chi connectivity index (χ2n) is 4.88. The van der Waals surface area contributed by atoms with Crippen LogP contribution in [0.25, 0.3) is 22.3 Å². The largest absolute Gasteiger partial charge is 0.508 e. The number of aryl methyl sites for hydroxylation is 1. The fourth-order valence-corrected chi connectivity index (χ4v) is 2.59. The Morgan fingerprint density at radius 3 is 2.89 bits per heavy atom. The second-order valence-corrected chi connectivity index (χ2v) is 4.88. The van der Waals surface area contributed by atoms with E-state index < -0.39 is 0 Å². The summed E-state index contributed by atoms with van der Waals surface area (Å²) in [6.07, 6.45) is 0. The lowest BCUT2D eigenvalue weighted by Gasteiger charge is -2.16. The molecule has 0 saturated carbocycles. The number of hydrogen-bond donors (Lipinski definition) is 1. The van der Waals surface area contributed by atoms with Crippen LogP contribution in [0.2, 0.25) is 0 Å². The van der Waals surface area contributed by atoms with Crippen LogP contribution in [0.3, 0.4) is 0 Å². The summed E-state index contributed by atoms with van der Waals surface area (Å²) in [6, 6.07) is 11.2. The zero-order chi connectivity index (χ0) is 13.0. The van der Waals surface area contributed by atoms with E-state index in [1.165, 1.54) is 5.56 Å². The smallest absolute Gasteiger partial charge is 0.145 e. The van der Waals surface area contributed by atoms with E-state index in [0.717, 1.165) is 27.9 Å². The van der Waals surface area contributed by atoms with Gasteiger partial charge in [0.1, 0.15) is 29.4 Å². The van der Waals surface area contributed by atoms with Gasteiger partial charge in [0, 0.05) is 17.0 Å². The summed E-state index contributed by atoms with van der Waals surface area (Å²) >= 11 is 0. The number of fused-ring (bicyclic) bond motifs is 5. The maximum absolute atomic E-state index is 9.50. The van der Waals surface area contributed by atoms with Crippen molar-refractivity contribution < 1.29 is 14.3 Å². The Kier molecular flexibility index (Phi) is 1.96. The highest BCUT2D eigenvalue weighted by Crippen LogP contribution is 2.43. The van der Waals surface area contributed by atoms with E-state index in [0.29, 0.717) is 12.4 Å². The third kappa shape index (κ3) is 1.45. The first-order valence-electron chi connectivity index (χ1n) is 6.20. The van der Waals surface area contributed by atoms with Crippen LogP contribution in [0.1, 0.15) is 11.1 Å². The SMILES string of the molecule is Cc1ccc2oc3c(c2c1)COc1cc(O)ccc1-3. The van der Waals surface area contributed by atoms with E-state index in [4.69, 9.17) is 9.15 Å². The van der Waals surface area contributed by atoms with Crippen LogP contribution < -0.4 is 4.74 Å². The number of rotatable bonds is 0. The predicted octanol–water partition coefficient (Wildman–Crippen LogP) is 4.01. The molecule has 3 nitrogen and oxygen atoms in total. The van der Waals surface area contributed by atoms with E-state index in [-0.39, 0.29) is 5.75 Å². The molecule has 2 heterocycles. The van der Waals surface area contributed by atoms with Gasteiger partial charge < -0.3 is 14.3 Å². The normalized spacial score (nSPS) is 12.9. The van der Waals surface area contributed by atoms with Crippen molar-refractivity contribution in [2.45, 2.75) is 13.5 Å². The number of benzene rings is 2. The first-order chi connectivity index (χ1) is 9.22. The van der Waals surface area contributed by atoms with Crippen molar-refractivity contribution in [3.63, 3.8) is 0 Å². The summed E-state index contributed by atoms with van der Waals surface area (Å²) in [5.41, 5.74) is 4.05. The highest BCUT2D eigenvalue weighted by Gasteiger charge is 2.24. The molecule has 0 unspecified atom stereocenters. The van der Waals surface area contributed by atoms with Crippen LogP contribution in [0.15, 0.2) is 40.8 Å². The quantitative estimate of drug-likeness (QED) is 0.657. The molecule has 3 aromatic rings. The van der Waals surface area contributed by atoms with E-state index in [2.05, 4.69) is 13.0 Å². The van der Waals surface area contributed by atoms with Crippen molar-refractivity contribution >= 4 is 11.0 Å². The maximum Gasteiger partial charge on any atom is 0.145 e. The van der Waals surface area contributed by atoms with Gasteiger partial charge in [0.25, 0.3) is 0 Å². The van der Waals surface area contributed by atoms with Crippen molar-refractivity contribution in [3.05, 3.63) is 47.5 Å². The van der Waals surface area contributed by atoms with E-state index in [1.807, 2.05) is 18.2 Å². The molecule has 1 aliphatic heterocycles. The standard InChI is InChI=1S/C16H12O3/c1-9-2-5-14-12(6-9)13-8-18-15-7-10(17)3-4-11(15)16(13)19-14/h2-7,17H,8H2,1H3. The molecule has 0 spiro atoms. The molecule has 0 atom stereocenters. The van der Waals surface area contributed by atoms with Crippen molar-refractivity contribution in [3.8, 4) is 22.8 Å². The lowest BCUT2D eigenvalue weighted by molar-refractivity contribution is 0.298. The molecule has 0 bridgehead atoms. The van der Waals surface area contributed by atoms with Gasteiger partial charge in [0.2, 0.25) is 0 Å². The Balaban J connectivity index is 2.04. The topological polar surface area (TPSA) is 42.6 Å². The van der Waals surface area contributed by atoms with Gasteiger partial charge in [-0.3, -0.25) is 0 Å². The monoisotopic (exact) mass is 252 g/mol. The third-order valence-electron chi connectivity index (χ3n) is 3.53. The second kappa shape index (κ2) is 3.54. The van der Waals surface area contributed by atoms with Gasteiger partial charge in [-0.05, 0) is 31.2 Å². The summed E-state index contributed by atoms with van der Waals surface area (Å²) in [5, 5.41) is 10.6. The molecule has 1 N–H and O–H groups in total. The van der Waals surface area contributed by atoms with Gasteiger partial charge in [0.15, 0.2) is 0 Å². The number of phenols is 1. The van der Waals surface area contributed by atoms with Crippen LogP contribution in [-0.4, -0.2) is 5.11 Å². The van der Waals surface area contributed by atoms with Gasteiger partial charge in [-0.25, -0.2) is 0 Å². The van der Waals surface area contributed by atoms with Crippen molar-refractivity contribution in [2.24, 2.45) is 0 Å². The first kappa shape index (κ1) is 10.5. The van der Waals surface area contributed by atoms with Crippen molar-refractivity contribution in [1.82, 2.24) is 0 Å². The summed E-state index contributed by atoms with van der Waals surface area (Å²) in [5.74, 6) is 1.72. The van der Waals surface area contributed by atoms with Crippen LogP contribution in [0, 0.1) is 6.92 Å². The molecule has 0 saturated heterocycles. The average Bonchev–Trinajstić information content (AvgIpc) is 2.76. The lowest BCUT2D eigenvalue weighted by Crippen LogP contribution is -2.03. The Hall–Kier alpha value is -2.42. The fourth-order valence-electron chi connectivity index (χ4n) is 2.59. The van der Waals surface area contributed by atoms with Gasteiger partial charge in [-0.2, -0.15) is 0 Å². The minimum Gasteiger partial charge on any atom is -0.508 e. The average molecular weight is 252 g/mol. The molecular weight excluding hydrogens is 240 g/mol. The van der Waals surface area contributed by atoms with Crippen molar-refractivity contribution in [2.75, 3.05) is 0 Å². The van der Waals surface area contributed by atoms with E-state index in [9.17, 15) is 5.11 Å². The highest BCUT2D eigenvalue weighted by molar-refractivity contribution is 5.90. The molecule has 1 aromatic heterocycles. The number of furan rings is 1. The fraction of sp³-hybridized carbons (Fsp3) is 0.125. The number of ether oxygens (including phenoxy) is 1. The Labute approximate surface area is 110 Å². The van der Waals surface area contributed by atoms with Crippen LogP contribution in [-0.2, 0) is 6.61 Å². The van der Waals surface area contributed by atoms with Gasteiger partial charge in [0.05, 0.1) is 5.56 Å². The zero-order valence-electron chi connectivity index (χ0n) is 10.4. The highest BCUT2D eigenvalue weighted by atomic mass is 16.5. The Morgan fingerprint density at radius 2 is 2.00 bits per heavy atom. The molecule has 1 aliphatic rings.